The highest BCUT2D eigenvalue weighted by molar-refractivity contribution is 5.83. The molecule has 6 heteroatoms. The van der Waals surface area contributed by atoms with Crippen molar-refractivity contribution >= 4 is 11.9 Å². The number of fused-ring (bicyclic) bond motifs is 2. The number of ether oxygens (including phenoxy) is 1. The van der Waals surface area contributed by atoms with E-state index in [1.807, 2.05) is 35.2 Å². The molecule has 3 amide bonds. The Morgan fingerprint density at radius 2 is 1.90 bits per heavy atom. The first kappa shape index (κ1) is 19.3. The smallest absolute Gasteiger partial charge is 0.314 e. The van der Waals surface area contributed by atoms with Crippen LogP contribution in [0.15, 0.2) is 48.5 Å². The Labute approximate surface area is 171 Å². The van der Waals surface area contributed by atoms with Crippen LogP contribution in [0.25, 0.3) is 0 Å². The molecule has 0 bridgehead atoms. The molecule has 2 aromatic carbocycles. The predicted octanol–water partition coefficient (Wildman–Crippen LogP) is 2.69. The van der Waals surface area contributed by atoms with Gasteiger partial charge in [-0.05, 0) is 48.1 Å². The summed E-state index contributed by atoms with van der Waals surface area (Å²) in [5.74, 6) is 0.974. The minimum atomic E-state index is -0.391. The zero-order valence-corrected chi connectivity index (χ0v) is 16.8. The van der Waals surface area contributed by atoms with E-state index in [9.17, 15) is 9.59 Å². The third-order valence-electron chi connectivity index (χ3n) is 6.34. The van der Waals surface area contributed by atoms with E-state index in [0.29, 0.717) is 38.9 Å². The van der Waals surface area contributed by atoms with Gasteiger partial charge in [-0.25, -0.2) is 4.79 Å². The van der Waals surface area contributed by atoms with Crippen molar-refractivity contribution in [3.8, 4) is 5.75 Å². The van der Waals surface area contributed by atoms with Gasteiger partial charge in [0.2, 0.25) is 5.91 Å². The molecule has 0 saturated carbocycles. The molecule has 0 atom stereocenters. The number of hydrogen-bond acceptors (Lipinski definition) is 3. The number of rotatable bonds is 4. The van der Waals surface area contributed by atoms with Crippen molar-refractivity contribution in [2.45, 2.75) is 31.2 Å². The lowest BCUT2D eigenvalue weighted by Gasteiger charge is -2.52. The lowest BCUT2D eigenvalue weighted by atomic mass is 9.74. The summed E-state index contributed by atoms with van der Waals surface area (Å²) in [7, 11) is 1.66. The standard InChI is InChI=1S/C23H27N3O3/c1-29-19-7-4-5-17(15-19)9-12-26-21(27)16-18-6-2-3-8-20(18)23(26)10-13-25(14-11-23)22(24)28/h2-8,15H,9-14,16H2,1H3,(H2,24,28). The second kappa shape index (κ2) is 7.78. The number of methoxy groups -OCH3 is 1. The maximum Gasteiger partial charge on any atom is 0.314 e. The molecule has 0 aromatic heterocycles. The Kier molecular flexibility index (Phi) is 5.18. The average Bonchev–Trinajstić information content (AvgIpc) is 2.74. The highest BCUT2D eigenvalue weighted by Crippen LogP contribution is 2.44. The SMILES string of the molecule is COc1cccc(CCN2C(=O)Cc3ccccc3C23CCN(C(N)=O)CC3)c1. The molecule has 2 aliphatic heterocycles. The monoisotopic (exact) mass is 393 g/mol. The van der Waals surface area contributed by atoms with Crippen LogP contribution >= 0.6 is 0 Å². The molecular formula is C23H27N3O3. The van der Waals surface area contributed by atoms with Crippen molar-refractivity contribution in [3.05, 3.63) is 65.2 Å². The largest absolute Gasteiger partial charge is 0.497 e. The minimum absolute atomic E-state index is 0.152. The number of urea groups is 1. The lowest BCUT2D eigenvalue weighted by Crippen LogP contribution is -2.59. The normalized spacial score (nSPS) is 17.9. The summed E-state index contributed by atoms with van der Waals surface area (Å²) in [5.41, 5.74) is 8.58. The van der Waals surface area contributed by atoms with Gasteiger partial charge < -0.3 is 20.3 Å². The molecule has 2 aromatic rings. The average molecular weight is 393 g/mol. The maximum atomic E-state index is 13.2. The number of nitrogens with zero attached hydrogens (tertiary/aromatic N) is 2. The minimum Gasteiger partial charge on any atom is -0.497 e. The van der Waals surface area contributed by atoms with Gasteiger partial charge in [0, 0.05) is 19.6 Å². The molecule has 6 nitrogen and oxygen atoms in total. The fourth-order valence-corrected chi connectivity index (χ4v) is 4.81. The van der Waals surface area contributed by atoms with E-state index >= 15 is 0 Å². The zero-order chi connectivity index (χ0) is 20.4. The highest BCUT2D eigenvalue weighted by atomic mass is 16.5. The summed E-state index contributed by atoms with van der Waals surface area (Å²) in [5, 5.41) is 0. The molecule has 2 heterocycles. The lowest BCUT2D eigenvalue weighted by molar-refractivity contribution is -0.141. The van der Waals surface area contributed by atoms with Crippen molar-refractivity contribution in [2.24, 2.45) is 5.73 Å². The van der Waals surface area contributed by atoms with E-state index in [2.05, 4.69) is 18.2 Å². The van der Waals surface area contributed by atoms with Crippen molar-refractivity contribution in [1.29, 1.82) is 0 Å². The van der Waals surface area contributed by atoms with Gasteiger partial charge in [-0.1, -0.05) is 36.4 Å². The third kappa shape index (κ3) is 3.55. The highest BCUT2D eigenvalue weighted by Gasteiger charge is 2.47. The number of hydrogen-bond donors (Lipinski definition) is 1. The summed E-state index contributed by atoms with van der Waals surface area (Å²) in [6, 6.07) is 15.8. The molecule has 29 heavy (non-hydrogen) atoms. The second-order valence-electron chi connectivity index (χ2n) is 7.84. The topological polar surface area (TPSA) is 75.9 Å². The van der Waals surface area contributed by atoms with E-state index in [0.717, 1.165) is 23.3 Å². The van der Waals surface area contributed by atoms with E-state index in [1.165, 1.54) is 5.56 Å². The van der Waals surface area contributed by atoms with Crippen LogP contribution in [0.4, 0.5) is 4.79 Å². The Morgan fingerprint density at radius 3 is 2.62 bits per heavy atom. The van der Waals surface area contributed by atoms with Crippen LogP contribution in [0.3, 0.4) is 0 Å². The van der Waals surface area contributed by atoms with Crippen LogP contribution in [-0.4, -0.2) is 48.5 Å². The molecule has 0 radical (unpaired) electrons. The molecule has 152 valence electrons. The molecule has 4 rings (SSSR count). The fraction of sp³-hybridized carbons (Fsp3) is 0.391. The first-order chi connectivity index (χ1) is 14.0. The third-order valence-corrected chi connectivity index (χ3v) is 6.34. The summed E-state index contributed by atoms with van der Waals surface area (Å²) in [6.45, 7) is 1.76. The molecule has 2 N–H and O–H groups in total. The first-order valence-corrected chi connectivity index (χ1v) is 10.1. The van der Waals surface area contributed by atoms with Crippen LogP contribution in [0.2, 0.25) is 0 Å². The molecule has 1 fully saturated rings. The first-order valence-electron chi connectivity index (χ1n) is 10.1. The van der Waals surface area contributed by atoms with Crippen LogP contribution in [0, 0.1) is 0 Å². The number of piperidine rings is 1. The predicted molar refractivity (Wildman–Crippen MR) is 111 cm³/mol. The van der Waals surface area contributed by atoms with Crippen molar-refractivity contribution in [1.82, 2.24) is 9.80 Å². The van der Waals surface area contributed by atoms with Crippen LogP contribution in [-0.2, 0) is 23.2 Å². The molecular weight excluding hydrogens is 366 g/mol. The van der Waals surface area contributed by atoms with E-state index in [-0.39, 0.29) is 11.4 Å². The number of likely N-dealkylation sites (tertiary alicyclic amines) is 1. The Balaban J connectivity index is 1.64. The summed E-state index contributed by atoms with van der Waals surface area (Å²) in [4.78, 5) is 28.6. The van der Waals surface area contributed by atoms with E-state index in [1.54, 1.807) is 12.0 Å². The number of primary amides is 1. The van der Waals surface area contributed by atoms with E-state index in [4.69, 9.17) is 10.5 Å². The van der Waals surface area contributed by atoms with Gasteiger partial charge in [0.25, 0.3) is 0 Å². The van der Waals surface area contributed by atoms with Gasteiger partial charge in [-0.15, -0.1) is 0 Å². The number of nitrogens with two attached hydrogens (primary N) is 1. The summed E-state index contributed by atoms with van der Waals surface area (Å²) in [6.07, 6.45) is 2.59. The van der Waals surface area contributed by atoms with Crippen molar-refractivity contribution in [3.63, 3.8) is 0 Å². The molecule has 1 saturated heterocycles. The van der Waals surface area contributed by atoms with Gasteiger partial charge in [-0.3, -0.25) is 4.79 Å². The Hall–Kier alpha value is -3.02. The molecule has 2 aliphatic rings. The number of benzene rings is 2. The van der Waals surface area contributed by atoms with Crippen LogP contribution in [0.5, 0.6) is 5.75 Å². The van der Waals surface area contributed by atoms with Crippen molar-refractivity contribution < 1.29 is 14.3 Å². The van der Waals surface area contributed by atoms with Gasteiger partial charge in [-0.2, -0.15) is 0 Å². The number of amides is 3. The fourth-order valence-electron chi connectivity index (χ4n) is 4.81. The number of carbonyl (C=O) groups is 2. The van der Waals surface area contributed by atoms with Crippen molar-refractivity contribution in [2.75, 3.05) is 26.7 Å². The van der Waals surface area contributed by atoms with Gasteiger partial charge in [0.05, 0.1) is 19.1 Å². The van der Waals surface area contributed by atoms with Crippen LogP contribution < -0.4 is 10.5 Å². The molecule has 0 unspecified atom stereocenters. The molecule has 1 spiro atoms. The Bertz CT molecular complexity index is 919. The van der Waals surface area contributed by atoms with Gasteiger partial charge in [0.1, 0.15) is 5.75 Å². The van der Waals surface area contributed by atoms with E-state index < -0.39 is 6.03 Å². The quantitative estimate of drug-likeness (QED) is 0.868. The Morgan fingerprint density at radius 1 is 1.14 bits per heavy atom. The second-order valence-corrected chi connectivity index (χ2v) is 7.84. The maximum absolute atomic E-state index is 13.2. The number of carbonyl (C=O) groups excluding carboxylic acids is 2. The summed E-state index contributed by atoms with van der Waals surface area (Å²) >= 11 is 0. The molecule has 0 aliphatic carbocycles. The van der Waals surface area contributed by atoms with Crippen LogP contribution in [0.1, 0.15) is 29.5 Å². The van der Waals surface area contributed by atoms with Gasteiger partial charge in [0.15, 0.2) is 0 Å². The summed E-state index contributed by atoms with van der Waals surface area (Å²) < 4.78 is 5.33. The zero-order valence-electron chi connectivity index (χ0n) is 16.8. The van der Waals surface area contributed by atoms with Gasteiger partial charge >= 0.3 is 6.03 Å².